The fraction of sp³-hybridized carbons (Fsp3) is 0.800. The highest BCUT2D eigenvalue weighted by molar-refractivity contribution is 5.94. The molecule has 3 amide bonds. The van der Waals surface area contributed by atoms with Crippen molar-refractivity contribution in [1.29, 1.82) is 0 Å². The van der Waals surface area contributed by atoms with Gasteiger partial charge in [-0.3, -0.25) is 10.1 Å². The van der Waals surface area contributed by atoms with E-state index in [-0.39, 0.29) is 17.7 Å². The van der Waals surface area contributed by atoms with E-state index in [9.17, 15) is 9.59 Å². The Balaban J connectivity index is 0. The Morgan fingerprint density at radius 3 is 2.00 bits per heavy atom. The maximum Gasteiger partial charge on any atom is 0.318 e. The van der Waals surface area contributed by atoms with Gasteiger partial charge in [0.15, 0.2) is 0 Å². The quantitative estimate of drug-likeness (QED) is 0.733. The summed E-state index contributed by atoms with van der Waals surface area (Å²) in [5, 5.41) is 2.06. The van der Waals surface area contributed by atoms with Crippen LogP contribution in [-0.4, -0.2) is 11.9 Å². The minimum absolute atomic E-state index is 0.164. The third-order valence-corrected chi connectivity index (χ3v) is 2.16. The second-order valence-corrected chi connectivity index (χ2v) is 3.03. The second kappa shape index (κ2) is 8.53. The molecular weight excluding hydrogens is 180 g/mol. The number of nitrogens with two attached hydrogens (primary N) is 1. The van der Waals surface area contributed by atoms with Crippen LogP contribution in [0, 0.1) is 11.8 Å². The fourth-order valence-corrected chi connectivity index (χ4v) is 0.847. The van der Waals surface area contributed by atoms with E-state index in [2.05, 4.69) is 5.32 Å². The van der Waals surface area contributed by atoms with Crippen LogP contribution in [0.5, 0.6) is 0 Å². The van der Waals surface area contributed by atoms with Gasteiger partial charge < -0.3 is 5.73 Å². The van der Waals surface area contributed by atoms with Gasteiger partial charge in [0.05, 0.1) is 0 Å². The average molecular weight is 202 g/mol. The molecule has 2 atom stereocenters. The highest BCUT2D eigenvalue weighted by Gasteiger charge is 2.19. The van der Waals surface area contributed by atoms with Crippen molar-refractivity contribution in [1.82, 2.24) is 5.32 Å². The normalized spacial score (nSPS) is 13.2. The van der Waals surface area contributed by atoms with E-state index < -0.39 is 6.03 Å². The molecule has 0 saturated heterocycles. The van der Waals surface area contributed by atoms with E-state index in [4.69, 9.17) is 5.73 Å². The zero-order valence-corrected chi connectivity index (χ0v) is 9.76. The molecule has 0 radical (unpaired) electrons. The van der Waals surface area contributed by atoms with Crippen LogP contribution >= 0.6 is 0 Å². The molecule has 0 rings (SSSR count). The van der Waals surface area contributed by atoms with Crippen LogP contribution in [0.4, 0.5) is 4.79 Å². The molecule has 14 heavy (non-hydrogen) atoms. The first-order chi connectivity index (χ1) is 6.49. The molecule has 0 aromatic carbocycles. The van der Waals surface area contributed by atoms with Gasteiger partial charge in [-0.05, 0) is 5.92 Å². The Bertz CT molecular complexity index is 181. The highest BCUT2D eigenvalue weighted by atomic mass is 16.2. The minimum Gasteiger partial charge on any atom is -0.351 e. The molecule has 3 N–H and O–H groups in total. The number of carbonyl (C=O) groups excluding carboxylic acids is 2. The summed E-state index contributed by atoms with van der Waals surface area (Å²) >= 11 is 0. The third-order valence-electron chi connectivity index (χ3n) is 2.16. The minimum atomic E-state index is -0.782. The smallest absolute Gasteiger partial charge is 0.318 e. The Morgan fingerprint density at radius 1 is 1.29 bits per heavy atom. The lowest BCUT2D eigenvalue weighted by atomic mass is 9.93. The van der Waals surface area contributed by atoms with Gasteiger partial charge in [0, 0.05) is 5.92 Å². The van der Waals surface area contributed by atoms with Gasteiger partial charge in [0.2, 0.25) is 5.91 Å². The van der Waals surface area contributed by atoms with Gasteiger partial charge in [0.25, 0.3) is 0 Å². The van der Waals surface area contributed by atoms with Gasteiger partial charge in [-0.2, -0.15) is 0 Å². The summed E-state index contributed by atoms with van der Waals surface area (Å²) in [5.74, 6) is -0.191. The van der Waals surface area contributed by atoms with Crippen LogP contribution in [0.3, 0.4) is 0 Å². The van der Waals surface area contributed by atoms with Crippen LogP contribution in [0.15, 0.2) is 0 Å². The summed E-state index contributed by atoms with van der Waals surface area (Å²) in [6.45, 7) is 9.75. The number of rotatable bonds is 3. The molecule has 4 nitrogen and oxygen atoms in total. The average Bonchev–Trinajstić information content (AvgIpc) is 2.17. The number of nitrogens with one attached hydrogen (secondary N) is 1. The molecule has 0 aliphatic heterocycles. The summed E-state index contributed by atoms with van der Waals surface area (Å²) in [7, 11) is 0. The summed E-state index contributed by atoms with van der Waals surface area (Å²) < 4.78 is 0. The Kier molecular flexibility index (Phi) is 9.40. The fourth-order valence-electron chi connectivity index (χ4n) is 0.847. The van der Waals surface area contributed by atoms with Gasteiger partial charge in [-0.1, -0.05) is 41.0 Å². The number of primary amides is 1. The van der Waals surface area contributed by atoms with Crippen molar-refractivity contribution in [2.24, 2.45) is 17.6 Å². The number of hydrogen-bond acceptors (Lipinski definition) is 2. The summed E-state index contributed by atoms with van der Waals surface area (Å²) in [6.07, 6.45) is 0.910. The molecule has 0 saturated carbocycles. The molecular formula is C10H22N2O2. The second-order valence-electron chi connectivity index (χ2n) is 3.03. The van der Waals surface area contributed by atoms with E-state index in [1.54, 1.807) is 6.92 Å². The topological polar surface area (TPSA) is 72.2 Å². The molecule has 4 heteroatoms. The van der Waals surface area contributed by atoms with E-state index >= 15 is 0 Å². The van der Waals surface area contributed by atoms with Crippen molar-refractivity contribution >= 4 is 11.9 Å². The van der Waals surface area contributed by atoms with Crippen molar-refractivity contribution in [3.8, 4) is 0 Å². The van der Waals surface area contributed by atoms with Gasteiger partial charge in [-0.15, -0.1) is 0 Å². The maximum absolute atomic E-state index is 11.1. The molecule has 0 aromatic heterocycles. The molecule has 0 aliphatic rings. The molecule has 84 valence electrons. The molecule has 0 aromatic rings. The van der Waals surface area contributed by atoms with Gasteiger partial charge in [0.1, 0.15) is 0 Å². The highest BCUT2D eigenvalue weighted by Crippen LogP contribution is 2.13. The number of amides is 3. The molecule has 0 bridgehead atoms. The zero-order chi connectivity index (χ0) is 11.7. The first-order valence-electron chi connectivity index (χ1n) is 5.09. The zero-order valence-electron chi connectivity index (χ0n) is 9.76. The van der Waals surface area contributed by atoms with Gasteiger partial charge in [-0.25, -0.2) is 4.79 Å². The largest absolute Gasteiger partial charge is 0.351 e. The number of hydrogen-bond donors (Lipinski definition) is 2. The van der Waals surface area contributed by atoms with Crippen LogP contribution < -0.4 is 11.1 Å². The lowest BCUT2D eigenvalue weighted by molar-refractivity contribution is -0.124. The van der Waals surface area contributed by atoms with E-state index in [1.165, 1.54) is 0 Å². The van der Waals surface area contributed by atoms with Gasteiger partial charge >= 0.3 is 6.03 Å². The van der Waals surface area contributed by atoms with Crippen molar-refractivity contribution in [2.45, 2.75) is 41.0 Å². The summed E-state index contributed by atoms with van der Waals surface area (Å²) in [6, 6.07) is -0.782. The predicted molar refractivity (Wildman–Crippen MR) is 57.7 cm³/mol. The van der Waals surface area contributed by atoms with Crippen molar-refractivity contribution in [3.63, 3.8) is 0 Å². The van der Waals surface area contributed by atoms with Crippen molar-refractivity contribution in [2.75, 3.05) is 0 Å². The van der Waals surface area contributed by atoms with Crippen LogP contribution in [-0.2, 0) is 4.79 Å². The van der Waals surface area contributed by atoms with Crippen LogP contribution in [0.2, 0.25) is 0 Å². The molecule has 0 spiro atoms. The maximum atomic E-state index is 11.1. The van der Waals surface area contributed by atoms with E-state index in [0.717, 1.165) is 6.42 Å². The molecule has 0 unspecified atom stereocenters. The lowest BCUT2D eigenvalue weighted by Gasteiger charge is -2.15. The number of urea groups is 1. The first kappa shape index (κ1) is 15.4. The Morgan fingerprint density at radius 2 is 1.71 bits per heavy atom. The molecule has 0 aliphatic carbocycles. The van der Waals surface area contributed by atoms with Crippen molar-refractivity contribution in [3.05, 3.63) is 0 Å². The Labute approximate surface area is 86.2 Å². The Hall–Kier alpha value is -1.06. The van der Waals surface area contributed by atoms with Crippen LogP contribution in [0.1, 0.15) is 41.0 Å². The monoisotopic (exact) mass is 202 g/mol. The first-order valence-corrected chi connectivity index (χ1v) is 5.09. The SMILES string of the molecule is CC.CC[C@H](C)[C@H](C)C(=O)NC(N)=O. The molecule has 0 fully saturated rings. The lowest BCUT2D eigenvalue weighted by Crippen LogP contribution is -2.39. The van der Waals surface area contributed by atoms with E-state index in [1.807, 2.05) is 27.7 Å². The third kappa shape index (κ3) is 6.46. The number of imide groups is 1. The predicted octanol–water partition coefficient (Wildman–Crippen LogP) is 1.89. The van der Waals surface area contributed by atoms with Crippen molar-refractivity contribution < 1.29 is 9.59 Å². The molecule has 0 heterocycles. The summed E-state index contributed by atoms with van der Waals surface area (Å²) in [5.41, 5.74) is 4.80. The number of carbonyl (C=O) groups is 2. The standard InChI is InChI=1S/C8H16N2O2.C2H6/c1-4-5(2)6(3)7(11)10-8(9)12;1-2/h5-6H,4H2,1-3H3,(H3,9,10,11,12);1-2H3/t5-,6-;/m0./s1. The van der Waals surface area contributed by atoms with E-state index in [0.29, 0.717) is 0 Å². The summed E-state index contributed by atoms with van der Waals surface area (Å²) in [4.78, 5) is 21.5. The van der Waals surface area contributed by atoms with Crippen LogP contribution in [0.25, 0.3) is 0 Å².